The molecule has 0 spiro atoms. The monoisotopic (exact) mass is 314 g/mol. The second-order valence-electron chi connectivity index (χ2n) is 5.22. The standard InChI is InChI=1S/C14H16Cl2N2O2/c1-7(2)13-14(20)17-6-12(19)18(13)11-5-9(15)8(3)4-10(11)16/h4-5,7,13H,6H2,1-3H3,(H,17,20). The van der Waals surface area contributed by atoms with Crippen LogP contribution in [0, 0.1) is 12.8 Å². The van der Waals surface area contributed by atoms with Gasteiger partial charge >= 0.3 is 0 Å². The van der Waals surface area contributed by atoms with E-state index in [0.29, 0.717) is 15.7 Å². The highest BCUT2D eigenvalue weighted by molar-refractivity contribution is 6.36. The molecule has 0 aromatic heterocycles. The molecule has 1 atom stereocenters. The van der Waals surface area contributed by atoms with Gasteiger partial charge in [-0.1, -0.05) is 37.0 Å². The fourth-order valence-electron chi connectivity index (χ4n) is 2.33. The van der Waals surface area contributed by atoms with E-state index in [2.05, 4.69) is 5.32 Å². The molecule has 1 N–H and O–H groups in total. The van der Waals surface area contributed by atoms with Gasteiger partial charge in [0.05, 0.1) is 17.3 Å². The molecule has 0 radical (unpaired) electrons. The van der Waals surface area contributed by atoms with Crippen LogP contribution in [0.3, 0.4) is 0 Å². The normalized spacial score (nSPS) is 19.5. The van der Waals surface area contributed by atoms with Gasteiger partial charge in [0.1, 0.15) is 6.04 Å². The molecule has 1 aromatic carbocycles. The number of hydrogen-bond acceptors (Lipinski definition) is 2. The number of halogens is 2. The number of nitrogens with zero attached hydrogens (tertiary/aromatic N) is 1. The second kappa shape index (κ2) is 5.62. The zero-order valence-corrected chi connectivity index (χ0v) is 13.0. The third-order valence-electron chi connectivity index (χ3n) is 3.35. The molecule has 1 aliphatic rings. The first-order valence-electron chi connectivity index (χ1n) is 6.38. The summed E-state index contributed by atoms with van der Waals surface area (Å²) in [7, 11) is 0. The van der Waals surface area contributed by atoms with Gasteiger partial charge in [0.25, 0.3) is 0 Å². The molecule has 1 aliphatic heterocycles. The van der Waals surface area contributed by atoms with E-state index in [1.165, 1.54) is 4.90 Å². The molecule has 108 valence electrons. The first kappa shape index (κ1) is 15.1. The number of piperazine rings is 1. The van der Waals surface area contributed by atoms with Gasteiger partial charge in [-0.2, -0.15) is 0 Å². The number of benzene rings is 1. The summed E-state index contributed by atoms with van der Waals surface area (Å²) in [4.78, 5) is 25.7. The Morgan fingerprint density at radius 1 is 1.25 bits per heavy atom. The second-order valence-corrected chi connectivity index (χ2v) is 6.04. The fourth-order valence-corrected chi connectivity index (χ4v) is 2.80. The molecule has 2 rings (SSSR count). The molecule has 4 nitrogen and oxygen atoms in total. The van der Waals surface area contributed by atoms with Gasteiger partial charge in [0.2, 0.25) is 11.8 Å². The van der Waals surface area contributed by atoms with E-state index in [4.69, 9.17) is 23.2 Å². The van der Waals surface area contributed by atoms with Crippen molar-refractivity contribution in [2.45, 2.75) is 26.8 Å². The van der Waals surface area contributed by atoms with Crippen LogP contribution in [0.2, 0.25) is 10.0 Å². The molecule has 1 aromatic rings. The Morgan fingerprint density at radius 3 is 2.50 bits per heavy atom. The highest BCUT2D eigenvalue weighted by atomic mass is 35.5. The average molecular weight is 315 g/mol. The van der Waals surface area contributed by atoms with E-state index in [-0.39, 0.29) is 24.3 Å². The van der Waals surface area contributed by atoms with Crippen LogP contribution >= 0.6 is 23.2 Å². The largest absolute Gasteiger partial charge is 0.345 e. The Balaban J connectivity index is 2.54. The number of aryl methyl sites for hydroxylation is 1. The third-order valence-corrected chi connectivity index (χ3v) is 4.06. The fraction of sp³-hybridized carbons (Fsp3) is 0.429. The number of carbonyl (C=O) groups is 2. The maximum Gasteiger partial charge on any atom is 0.247 e. The first-order chi connectivity index (χ1) is 9.32. The summed E-state index contributed by atoms with van der Waals surface area (Å²) >= 11 is 12.4. The molecule has 1 saturated heterocycles. The number of carbonyl (C=O) groups excluding carboxylic acids is 2. The molecule has 6 heteroatoms. The SMILES string of the molecule is Cc1cc(Cl)c(N2C(=O)CNC(=O)C2C(C)C)cc1Cl. The lowest BCUT2D eigenvalue weighted by Crippen LogP contribution is -2.60. The molecular formula is C14H16Cl2N2O2. The number of rotatable bonds is 2. The maximum absolute atomic E-state index is 12.2. The van der Waals surface area contributed by atoms with Crippen LogP contribution < -0.4 is 10.2 Å². The molecule has 1 heterocycles. The van der Waals surface area contributed by atoms with Gasteiger partial charge in [-0.05, 0) is 30.5 Å². The summed E-state index contributed by atoms with van der Waals surface area (Å²) in [5.41, 5.74) is 1.32. The van der Waals surface area contributed by atoms with Crippen LogP contribution in [0.25, 0.3) is 0 Å². The predicted octanol–water partition coefficient (Wildman–Crippen LogP) is 2.79. The minimum Gasteiger partial charge on any atom is -0.345 e. The van der Waals surface area contributed by atoms with Gasteiger partial charge in [0, 0.05) is 5.02 Å². The van der Waals surface area contributed by atoms with Crippen LogP contribution in [-0.2, 0) is 9.59 Å². The maximum atomic E-state index is 12.2. The number of amides is 2. The van der Waals surface area contributed by atoms with Crippen molar-refractivity contribution >= 4 is 40.7 Å². The first-order valence-corrected chi connectivity index (χ1v) is 7.14. The molecule has 1 unspecified atom stereocenters. The summed E-state index contributed by atoms with van der Waals surface area (Å²) in [5.74, 6) is -0.395. The minimum absolute atomic E-state index is 0.0239. The van der Waals surface area contributed by atoms with Gasteiger partial charge in [-0.3, -0.25) is 14.5 Å². The van der Waals surface area contributed by atoms with E-state index in [1.54, 1.807) is 12.1 Å². The zero-order valence-electron chi connectivity index (χ0n) is 11.5. The van der Waals surface area contributed by atoms with Crippen molar-refractivity contribution in [1.82, 2.24) is 5.32 Å². The predicted molar refractivity (Wildman–Crippen MR) is 80.3 cm³/mol. The van der Waals surface area contributed by atoms with Crippen LogP contribution in [0.15, 0.2) is 12.1 Å². The lowest BCUT2D eigenvalue weighted by Gasteiger charge is -2.37. The van der Waals surface area contributed by atoms with Crippen LogP contribution in [0.5, 0.6) is 0 Å². The number of anilines is 1. The third kappa shape index (κ3) is 2.63. The van der Waals surface area contributed by atoms with Crippen LogP contribution in [0.4, 0.5) is 5.69 Å². The van der Waals surface area contributed by atoms with Crippen LogP contribution in [0.1, 0.15) is 19.4 Å². The molecule has 20 heavy (non-hydrogen) atoms. The topological polar surface area (TPSA) is 49.4 Å². The van der Waals surface area contributed by atoms with E-state index < -0.39 is 6.04 Å². The summed E-state index contributed by atoms with van der Waals surface area (Å²) < 4.78 is 0. The minimum atomic E-state index is -0.576. The van der Waals surface area contributed by atoms with Gasteiger partial charge < -0.3 is 5.32 Å². The van der Waals surface area contributed by atoms with Crippen molar-refractivity contribution in [3.8, 4) is 0 Å². The lowest BCUT2D eigenvalue weighted by molar-refractivity contribution is -0.131. The molecule has 1 fully saturated rings. The Hall–Kier alpha value is -1.26. The van der Waals surface area contributed by atoms with E-state index >= 15 is 0 Å². The smallest absolute Gasteiger partial charge is 0.247 e. The van der Waals surface area contributed by atoms with E-state index in [9.17, 15) is 9.59 Å². The lowest BCUT2D eigenvalue weighted by atomic mass is 9.98. The average Bonchev–Trinajstić information content (AvgIpc) is 2.36. The number of hydrogen-bond donors (Lipinski definition) is 1. The summed E-state index contributed by atoms with van der Waals surface area (Å²) in [6.45, 7) is 5.59. The van der Waals surface area contributed by atoms with Crippen molar-refractivity contribution in [2.75, 3.05) is 11.4 Å². The zero-order chi connectivity index (χ0) is 15.0. The highest BCUT2D eigenvalue weighted by Crippen LogP contribution is 2.34. The Bertz CT molecular complexity index is 573. The van der Waals surface area contributed by atoms with Gasteiger partial charge in [-0.25, -0.2) is 0 Å². The van der Waals surface area contributed by atoms with E-state index in [1.807, 2.05) is 20.8 Å². The van der Waals surface area contributed by atoms with E-state index in [0.717, 1.165) is 5.56 Å². The Morgan fingerprint density at radius 2 is 1.90 bits per heavy atom. The summed E-state index contributed by atoms with van der Waals surface area (Å²) in [5, 5.41) is 3.54. The van der Waals surface area contributed by atoms with Crippen molar-refractivity contribution in [1.29, 1.82) is 0 Å². The molecule has 0 bridgehead atoms. The van der Waals surface area contributed by atoms with Gasteiger partial charge in [0.15, 0.2) is 0 Å². The van der Waals surface area contributed by atoms with Crippen molar-refractivity contribution in [2.24, 2.45) is 5.92 Å². The molecule has 0 saturated carbocycles. The quantitative estimate of drug-likeness (QED) is 0.912. The molecular weight excluding hydrogens is 299 g/mol. The summed E-state index contributed by atoms with van der Waals surface area (Å²) in [6.07, 6.45) is 0. The van der Waals surface area contributed by atoms with Crippen LogP contribution in [-0.4, -0.2) is 24.4 Å². The Labute approximate surface area is 128 Å². The van der Waals surface area contributed by atoms with Crippen molar-refractivity contribution in [3.63, 3.8) is 0 Å². The van der Waals surface area contributed by atoms with Crippen molar-refractivity contribution in [3.05, 3.63) is 27.7 Å². The summed E-state index contributed by atoms with van der Waals surface area (Å²) in [6, 6.07) is 2.77. The van der Waals surface area contributed by atoms with Crippen molar-refractivity contribution < 1.29 is 9.59 Å². The molecule has 2 amide bonds. The number of nitrogens with one attached hydrogen (secondary N) is 1. The van der Waals surface area contributed by atoms with Gasteiger partial charge in [-0.15, -0.1) is 0 Å². The Kier molecular flexibility index (Phi) is 4.25. The highest BCUT2D eigenvalue weighted by Gasteiger charge is 2.38. The molecule has 0 aliphatic carbocycles.